The highest BCUT2D eigenvalue weighted by atomic mass is 19.1. The summed E-state index contributed by atoms with van der Waals surface area (Å²) in [7, 11) is 1.90. The van der Waals surface area contributed by atoms with E-state index in [9.17, 15) is 8.78 Å². The van der Waals surface area contributed by atoms with Crippen LogP contribution in [0.4, 0.5) is 20.3 Å². The Balaban J connectivity index is 1.65. The van der Waals surface area contributed by atoms with Gasteiger partial charge in [-0.15, -0.1) is 0 Å². The van der Waals surface area contributed by atoms with E-state index in [-0.39, 0.29) is 0 Å². The monoisotopic (exact) mass is 331 g/mol. The van der Waals surface area contributed by atoms with Crippen molar-refractivity contribution in [3.63, 3.8) is 0 Å². The maximum Gasteiger partial charge on any atom is 0.152 e. The largest absolute Gasteiger partial charge is 0.385 e. The van der Waals surface area contributed by atoms with Crippen molar-refractivity contribution < 1.29 is 8.78 Å². The molecule has 0 radical (unpaired) electrons. The fourth-order valence-corrected chi connectivity index (χ4v) is 3.33. The minimum atomic E-state index is -0.517. The number of anilines is 2. The van der Waals surface area contributed by atoms with Crippen LogP contribution in [0.2, 0.25) is 0 Å². The fourth-order valence-electron chi connectivity index (χ4n) is 3.33. The summed E-state index contributed by atoms with van der Waals surface area (Å²) in [5.74, 6) is 0.458. The summed E-state index contributed by atoms with van der Waals surface area (Å²) in [6.07, 6.45) is 2.63. The van der Waals surface area contributed by atoms with E-state index in [1.165, 1.54) is 6.07 Å². The lowest BCUT2D eigenvalue weighted by Gasteiger charge is -2.34. The predicted molar refractivity (Wildman–Crippen MR) is 93.5 cm³/mol. The van der Waals surface area contributed by atoms with Gasteiger partial charge in [0, 0.05) is 31.9 Å². The highest BCUT2D eigenvalue weighted by Crippen LogP contribution is 2.30. The van der Waals surface area contributed by atoms with Crippen molar-refractivity contribution in [3.05, 3.63) is 53.2 Å². The number of halogens is 2. The van der Waals surface area contributed by atoms with E-state index < -0.39 is 11.6 Å². The van der Waals surface area contributed by atoms with Gasteiger partial charge in [-0.25, -0.2) is 13.8 Å². The summed E-state index contributed by atoms with van der Waals surface area (Å²) in [6, 6.07) is 7.93. The zero-order chi connectivity index (χ0) is 17.1. The van der Waals surface area contributed by atoms with Crippen LogP contribution in [-0.4, -0.2) is 25.1 Å². The van der Waals surface area contributed by atoms with Crippen molar-refractivity contribution in [2.45, 2.75) is 26.2 Å². The average Bonchev–Trinajstić information content (AvgIpc) is 2.58. The standard InChI is InChI=1S/C19H23F2N3/c1-13-3-6-18(22-2)19(23-13)24-9-7-14(8-10-24)11-15-4-5-16(20)12-17(15)21/h3-6,12,14,22H,7-11H2,1-2H3. The highest BCUT2D eigenvalue weighted by Gasteiger charge is 2.23. The lowest BCUT2D eigenvalue weighted by Crippen LogP contribution is -2.35. The maximum atomic E-state index is 13.8. The molecule has 5 heteroatoms. The Kier molecular flexibility index (Phi) is 4.97. The molecule has 1 aromatic carbocycles. The van der Waals surface area contributed by atoms with Gasteiger partial charge in [0.2, 0.25) is 0 Å². The number of aryl methyl sites for hydroxylation is 1. The van der Waals surface area contributed by atoms with Gasteiger partial charge in [0.15, 0.2) is 5.82 Å². The van der Waals surface area contributed by atoms with E-state index in [1.54, 1.807) is 6.07 Å². The van der Waals surface area contributed by atoms with E-state index >= 15 is 0 Å². The molecule has 1 N–H and O–H groups in total. The first kappa shape index (κ1) is 16.7. The molecule has 2 aromatic rings. The van der Waals surface area contributed by atoms with Gasteiger partial charge < -0.3 is 10.2 Å². The van der Waals surface area contributed by atoms with Crippen LogP contribution in [0.1, 0.15) is 24.1 Å². The Labute approximate surface area is 141 Å². The van der Waals surface area contributed by atoms with E-state index in [1.807, 2.05) is 20.0 Å². The van der Waals surface area contributed by atoms with Crippen molar-refractivity contribution in [1.29, 1.82) is 0 Å². The molecule has 0 aliphatic carbocycles. The van der Waals surface area contributed by atoms with Gasteiger partial charge in [-0.3, -0.25) is 0 Å². The number of nitrogens with zero attached hydrogens (tertiary/aromatic N) is 2. The number of pyridine rings is 1. The van der Waals surface area contributed by atoms with Gasteiger partial charge in [-0.1, -0.05) is 6.07 Å². The second-order valence-corrected chi connectivity index (χ2v) is 6.44. The van der Waals surface area contributed by atoms with Crippen molar-refractivity contribution in [2.24, 2.45) is 5.92 Å². The Bertz CT molecular complexity index is 710. The van der Waals surface area contributed by atoms with Crippen molar-refractivity contribution >= 4 is 11.5 Å². The molecule has 1 fully saturated rings. The molecule has 0 spiro atoms. The Hall–Kier alpha value is -2.17. The molecule has 1 aromatic heterocycles. The Morgan fingerprint density at radius 2 is 1.92 bits per heavy atom. The van der Waals surface area contributed by atoms with Crippen molar-refractivity contribution in [1.82, 2.24) is 4.98 Å². The summed E-state index contributed by atoms with van der Waals surface area (Å²) in [5.41, 5.74) is 2.64. The minimum absolute atomic E-state index is 0.420. The van der Waals surface area contributed by atoms with Crippen LogP contribution in [0.5, 0.6) is 0 Å². The number of benzene rings is 1. The Morgan fingerprint density at radius 3 is 2.58 bits per heavy atom. The van der Waals surface area contributed by atoms with Crippen molar-refractivity contribution in [3.8, 4) is 0 Å². The average molecular weight is 331 g/mol. The molecule has 0 atom stereocenters. The summed E-state index contributed by atoms with van der Waals surface area (Å²) in [5, 5.41) is 3.19. The lowest BCUT2D eigenvalue weighted by atomic mass is 9.90. The topological polar surface area (TPSA) is 28.2 Å². The van der Waals surface area contributed by atoms with Crippen LogP contribution >= 0.6 is 0 Å². The van der Waals surface area contributed by atoms with E-state index in [4.69, 9.17) is 0 Å². The number of hydrogen-bond donors (Lipinski definition) is 1. The molecule has 1 aliphatic heterocycles. The summed E-state index contributed by atoms with van der Waals surface area (Å²) in [6.45, 7) is 3.80. The second kappa shape index (κ2) is 7.16. The van der Waals surface area contributed by atoms with Crippen LogP contribution in [0.25, 0.3) is 0 Å². The van der Waals surface area contributed by atoms with E-state index in [0.29, 0.717) is 17.9 Å². The van der Waals surface area contributed by atoms with Gasteiger partial charge in [-0.2, -0.15) is 0 Å². The molecular weight excluding hydrogens is 308 g/mol. The van der Waals surface area contributed by atoms with Crippen molar-refractivity contribution in [2.75, 3.05) is 30.4 Å². The molecule has 0 bridgehead atoms. The van der Waals surface area contributed by atoms with Crippen LogP contribution < -0.4 is 10.2 Å². The minimum Gasteiger partial charge on any atom is -0.385 e. The zero-order valence-corrected chi connectivity index (χ0v) is 14.1. The normalized spacial score (nSPS) is 15.6. The van der Waals surface area contributed by atoms with Crippen LogP contribution in [0.15, 0.2) is 30.3 Å². The first-order valence-electron chi connectivity index (χ1n) is 8.41. The third-order valence-corrected chi connectivity index (χ3v) is 4.72. The molecule has 0 amide bonds. The van der Waals surface area contributed by atoms with Crippen LogP contribution in [-0.2, 0) is 6.42 Å². The smallest absolute Gasteiger partial charge is 0.152 e. The van der Waals surface area contributed by atoms with E-state index in [0.717, 1.165) is 49.2 Å². The molecule has 24 heavy (non-hydrogen) atoms. The molecule has 2 heterocycles. The Morgan fingerprint density at radius 1 is 1.17 bits per heavy atom. The summed E-state index contributed by atoms with van der Waals surface area (Å²) in [4.78, 5) is 6.95. The summed E-state index contributed by atoms with van der Waals surface area (Å²) < 4.78 is 26.8. The van der Waals surface area contributed by atoms with Gasteiger partial charge in [-0.05, 0) is 55.9 Å². The molecule has 0 unspecified atom stereocenters. The molecule has 1 saturated heterocycles. The third kappa shape index (κ3) is 3.66. The van der Waals surface area contributed by atoms with Crippen LogP contribution in [0, 0.1) is 24.5 Å². The van der Waals surface area contributed by atoms with Gasteiger partial charge in [0.25, 0.3) is 0 Å². The first-order chi connectivity index (χ1) is 11.6. The highest BCUT2D eigenvalue weighted by molar-refractivity contribution is 5.65. The van der Waals surface area contributed by atoms with Crippen LogP contribution in [0.3, 0.4) is 0 Å². The number of hydrogen-bond acceptors (Lipinski definition) is 3. The lowest BCUT2D eigenvalue weighted by molar-refractivity contribution is 0.396. The quantitative estimate of drug-likeness (QED) is 0.911. The fraction of sp³-hybridized carbons (Fsp3) is 0.421. The predicted octanol–water partition coefficient (Wildman–Crippen LogP) is 4.17. The summed E-state index contributed by atoms with van der Waals surface area (Å²) >= 11 is 0. The molecule has 3 rings (SSSR count). The third-order valence-electron chi connectivity index (χ3n) is 4.72. The molecule has 128 valence electrons. The number of aromatic nitrogens is 1. The zero-order valence-electron chi connectivity index (χ0n) is 14.1. The van der Waals surface area contributed by atoms with E-state index in [2.05, 4.69) is 21.3 Å². The number of piperidine rings is 1. The second-order valence-electron chi connectivity index (χ2n) is 6.44. The molecular formula is C19H23F2N3. The van der Waals surface area contributed by atoms with Gasteiger partial charge >= 0.3 is 0 Å². The number of nitrogens with one attached hydrogen (secondary N) is 1. The van der Waals surface area contributed by atoms with Gasteiger partial charge in [0.1, 0.15) is 11.6 Å². The molecule has 0 saturated carbocycles. The number of rotatable bonds is 4. The van der Waals surface area contributed by atoms with Gasteiger partial charge in [0.05, 0.1) is 5.69 Å². The first-order valence-corrected chi connectivity index (χ1v) is 8.41. The maximum absolute atomic E-state index is 13.8. The molecule has 3 nitrogen and oxygen atoms in total. The molecule has 1 aliphatic rings. The SMILES string of the molecule is CNc1ccc(C)nc1N1CCC(Cc2ccc(F)cc2F)CC1.